The smallest absolute Gasteiger partial charge is 0.212 e. The molecule has 0 radical (unpaired) electrons. The predicted molar refractivity (Wildman–Crippen MR) is 167 cm³/mol. The molecule has 0 amide bonds. The van der Waals surface area contributed by atoms with Gasteiger partial charge in [-0.1, -0.05) is 48.5 Å². The average Bonchev–Trinajstić information content (AvgIpc) is 3.04. The molecular weight excluding hydrogens is 516 g/mol. The summed E-state index contributed by atoms with van der Waals surface area (Å²) in [6, 6.07) is 39.8. The van der Waals surface area contributed by atoms with Crippen molar-refractivity contribution in [2.75, 3.05) is 14.2 Å². The lowest BCUT2D eigenvalue weighted by molar-refractivity contribution is -0.645. The van der Waals surface area contributed by atoms with Crippen molar-refractivity contribution >= 4 is 21.8 Å². The minimum atomic E-state index is 0.273. The molecule has 2 heterocycles. The van der Waals surface area contributed by atoms with Crippen LogP contribution in [-0.2, 0) is 14.1 Å². The van der Waals surface area contributed by atoms with E-state index in [9.17, 15) is 0 Å². The lowest BCUT2D eigenvalue weighted by Crippen LogP contribution is -2.41. The zero-order valence-electron chi connectivity index (χ0n) is 24.6. The highest BCUT2D eigenvalue weighted by atomic mass is 16.5. The lowest BCUT2D eigenvalue weighted by Gasteiger charge is -2.54. The van der Waals surface area contributed by atoms with Crippen LogP contribution in [0.2, 0.25) is 0 Å². The van der Waals surface area contributed by atoms with Crippen LogP contribution < -0.4 is 18.6 Å². The van der Waals surface area contributed by atoms with Crippen LogP contribution in [0.5, 0.6) is 11.5 Å². The van der Waals surface area contributed by atoms with E-state index in [0.29, 0.717) is 0 Å². The van der Waals surface area contributed by atoms with Crippen LogP contribution in [0.15, 0.2) is 122 Å². The van der Waals surface area contributed by atoms with E-state index in [1.54, 1.807) is 14.2 Å². The molecule has 0 N–H and O–H groups in total. The Bertz CT molecular complexity index is 1750. The Morgan fingerprint density at radius 2 is 0.833 bits per heavy atom. The van der Waals surface area contributed by atoms with Gasteiger partial charge in [0, 0.05) is 35.0 Å². The van der Waals surface area contributed by atoms with Gasteiger partial charge in [-0.15, -0.1) is 0 Å². The second-order valence-corrected chi connectivity index (χ2v) is 11.4. The van der Waals surface area contributed by atoms with Crippen LogP contribution in [0.1, 0.15) is 45.9 Å². The Morgan fingerprint density at radius 3 is 1.21 bits per heavy atom. The topological polar surface area (TPSA) is 26.2 Å². The summed E-state index contributed by atoms with van der Waals surface area (Å²) in [6.07, 6.45) is 4.44. The summed E-state index contributed by atoms with van der Waals surface area (Å²) in [7, 11) is 7.73. The Morgan fingerprint density at radius 1 is 0.452 bits per heavy atom. The SMILES string of the molecule is COc1ccc(C2C(c3cc[n+](C)c4ccccc34)C(c3ccc(OC)cc3)C2c2cc[n+](C)c3ccccc23)cc1. The fourth-order valence-corrected chi connectivity index (χ4v) is 7.36. The van der Waals surface area contributed by atoms with Crippen molar-refractivity contribution in [1.29, 1.82) is 0 Å². The van der Waals surface area contributed by atoms with E-state index in [-0.39, 0.29) is 23.7 Å². The van der Waals surface area contributed by atoms with Crippen LogP contribution in [0, 0.1) is 0 Å². The van der Waals surface area contributed by atoms with E-state index in [0.717, 1.165) is 11.5 Å². The van der Waals surface area contributed by atoms with Gasteiger partial charge in [-0.25, -0.2) is 9.13 Å². The van der Waals surface area contributed by atoms with E-state index < -0.39 is 0 Å². The van der Waals surface area contributed by atoms with E-state index in [1.807, 2.05) is 0 Å². The van der Waals surface area contributed by atoms with Gasteiger partial charge < -0.3 is 9.47 Å². The summed E-state index contributed by atoms with van der Waals surface area (Å²) in [4.78, 5) is 0. The van der Waals surface area contributed by atoms with Gasteiger partial charge in [0.1, 0.15) is 25.6 Å². The number of rotatable bonds is 6. The molecule has 1 fully saturated rings. The maximum atomic E-state index is 5.56. The second-order valence-electron chi connectivity index (χ2n) is 11.4. The molecule has 1 saturated carbocycles. The highest BCUT2D eigenvalue weighted by molar-refractivity contribution is 5.83. The van der Waals surface area contributed by atoms with Crippen LogP contribution in [0.3, 0.4) is 0 Å². The maximum Gasteiger partial charge on any atom is 0.212 e. The summed E-state index contributed by atoms with van der Waals surface area (Å²) in [5, 5.41) is 2.62. The van der Waals surface area contributed by atoms with Gasteiger partial charge in [0.2, 0.25) is 11.0 Å². The highest BCUT2D eigenvalue weighted by Gasteiger charge is 2.54. The number of hydrogen-bond acceptors (Lipinski definition) is 2. The maximum absolute atomic E-state index is 5.56. The first-order valence-corrected chi connectivity index (χ1v) is 14.6. The van der Waals surface area contributed by atoms with E-state index in [4.69, 9.17) is 9.47 Å². The normalized spacial score (nSPS) is 19.9. The highest BCUT2D eigenvalue weighted by Crippen LogP contribution is 2.67. The van der Waals surface area contributed by atoms with Gasteiger partial charge in [0.15, 0.2) is 12.4 Å². The Kier molecular flexibility index (Phi) is 6.62. The summed E-state index contributed by atoms with van der Waals surface area (Å²) >= 11 is 0. The first-order valence-electron chi connectivity index (χ1n) is 14.6. The number of hydrogen-bond donors (Lipinski definition) is 0. The first-order chi connectivity index (χ1) is 20.6. The summed E-state index contributed by atoms with van der Waals surface area (Å²) in [5.41, 5.74) is 7.96. The standard InChI is InChI=1S/C38H36N2O2/c1-39-23-21-31(29-9-5-7-11-33(29)39)37-35(25-13-17-27(41-3)18-14-25)38(36(37)26-15-19-28(42-4)20-16-26)32-22-24-40(2)34-12-8-6-10-30(32)34/h5-24,35-38H,1-4H3/q+2. The number of pyridine rings is 2. The van der Waals surface area contributed by atoms with Crippen molar-refractivity contribution in [1.82, 2.24) is 0 Å². The molecule has 1 aliphatic rings. The molecule has 0 saturated heterocycles. The van der Waals surface area contributed by atoms with Crippen LogP contribution >= 0.6 is 0 Å². The molecule has 0 aliphatic heterocycles. The average molecular weight is 553 g/mol. The van der Waals surface area contributed by atoms with Gasteiger partial charge in [-0.2, -0.15) is 0 Å². The van der Waals surface area contributed by atoms with Gasteiger partial charge in [0.25, 0.3) is 0 Å². The second kappa shape index (κ2) is 10.6. The van der Waals surface area contributed by atoms with Crippen molar-refractivity contribution < 1.29 is 18.6 Å². The molecule has 2 aromatic heterocycles. The number of fused-ring (bicyclic) bond motifs is 2. The molecule has 6 aromatic rings. The van der Waals surface area contributed by atoms with E-state index >= 15 is 0 Å². The number of methoxy groups -OCH3 is 2. The monoisotopic (exact) mass is 552 g/mol. The van der Waals surface area contributed by atoms with Crippen molar-refractivity contribution in [2.45, 2.75) is 23.7 Å². The first kappa shape index (κ1) is 26.2. The minimum Gasteiger partial charge on any atom is -0.497 e. The van der Waals surface area contributed by atoms with E-state index in [1.165, 1.54) is 44.1 Å². The summed E-state index contributed by atoms with van der Waals surface area (Å²) in [5.74, 6) is 2.86. The fraction of sp³-hybridized carbons (Fsp3) is 0.211. The van der Waals surface area contributed by atoms with Gasteiger partial charge in [-0.05, 0) is 82.3 Å². The predicted octanol–water partition coefficient (Wildman–Crippen LogP) is 7.11. The number of benzene rings is 4. The third kappa shape index (κ3) is 4.21. The lowest BCUT2D eigenvalue weighted by atomic mass is 9.48. The molecular formula is C38H36N2O2+2. The Balaban J connectivity index is 1.50. The third-order valence-corrected chi connectivity index (χ3v) is 9.41. The molecule has 7 rings (SSSR count). The molecule has 4 heteroatoms. The van der Waals surface area contributed by atoms with Crippen molar-refractivity contribution in [3.05, 3.63) is 144 Å². The van der Waals surface area contributed by atoms with Crippen molar-refractivity contribution in [3.8, 4) is 11.5 Å². The fourth-order valence-electron chi connectivity index (χ4n) is 7.36. The minimum absolute atomic E-state index is 0.273. The molecule has 0 bridgehead atoms. The molecule has 4 aromatic carbocycles. The van der Waals surface area contributed by atoms with Gasteiger partial charge in [-0.3, -0.25) is 0 Å². The van der Waals surface area contributed by atoms with Gasteiger partial charge >= 0.3 is 0 Å². The van der Waals surface area contributed by atoms with Gasteiger partial charge in [0.05, 0.1) is 14.2 Å². The largest absolute Gasteiger partial charge is 0.497 e. The molecule has 1 aliphatic carbocycles. The Hall–Kier alpha value is -4.70. The number of nitrogens with zero attached hydrogens (tertiary/aromatic N) is 2. The molecule has 0 spiro atoms. The molecule has 4 nitrogen and oxygen atoms in total. The molecule has 42 heavy (non-hydrogen) atoms. The third-order valence-electron chi connectivity index (χ3n) is 9.41. The van der Waals surface area contributed by atoms with E-state index in [2.05, 4.69) is 145 Å². The number of aromatic nitrogens is 2. The van der Waals surface area contributed by atoms with Crippen LogP contribution in [0.25, 0.3) is 21.8 Å². The quantitative estimate of drug-likeness (QED) is 0.206. The van der Waals surface area contributed by atoms with Crippen molar-refractivity contribution in [3.63, 3.8) is 0 Å². The summed E-state index contributed by atoms with van der Waals surface area (Å²) < 4.78 is 15.6. The van der Waals surface area contributed by atoms with Crippen LogP contribution in [-0.4, -0.2) is 14.2 Å². The zero-order valence-corrected chi connectivity index (χ0v) is 24.6. The zero-order chi connectivity index (χ0) is 28.8. The molecule has 0 unspecified atom stereocenters. The number of para-hydroxylation sites is 2. The molecule has 208 valence electrons. The number of aryl methyl sites for hydroxylation is 2. The Labute approximate surface area is 247 Å². The van der Waals surface area contributed by atoms with Crippen LogP contribution in [0.4, 0.5) is 0 Å². The summed E-state index contributed by atoms with van der Waals surface area (Å²) in [6.45, 7) is 0. The molecule has 0 atom stereocenters. The number of ether oxygens (including phenoxy) is 2. The van der Waals surface area contributed by atoms with Crippen molar-refractivity contribution in [2.24, 2.45) is 14.1 Å².